The van der Waals surface area contributed by atoms with Crippen LogP contribution in [0.2, 0.25) is 0 Å². The number of hydrogen-bond donors (Lipinski definition) is 2. The molecule has 9 heteroatoms. The predicted molar refractivity (Wildman–Crippen MR) is 103 cm³/mol. The highest BCUT2D eigenvalue weighted by atomic mass is 35.6. The Hall–Kier alpha value is -0.690. The maximum absolute atomic E-state index is 13.1. The molecule has 2 amide bonds. The zero-order valence-electron chi connectivity index (χ0n) is 15.5. The summed E-state index contributed by atoms with van der Waals surface area (Å²) in [4.78, 5) is 26.3. The smallest absolute Gasteiger partial charge is 0.248 e. The molecule has 1 aliphatic rings. The van der Waals surface area contributed by atoms with Crippen LogP contribution in [0.5, 0.6) is 0 Å². The van der Waals surface area contributed by atoms with Crippen LogP contribution in [0.3, 0.4) is 0 Å². The summed E-state index contributed by atoms with van der Waals surface area (Å²) in [7, 11) is 1.50. The third-order valence-corrected chi connectivity index (χ3v) is 4.69. The third-order valence-electron chi connectivity index (χ3n) is 4.12. The SMILES string of the molecule is CCC(=O)N[C@H](CCC(Cl)(Cl)Cl)C(=O)N1C(O)C=C(OC)C1CC(C)C. The molecule has 26 heavy (non-hydrogen) atoms. The second-order valence-electron chi connectivity index (χ2n) is 6.71. The Morgan fingerprint density at radius 2 is 2.00 bits per heavy atom. The molecular weight excluding hydrogens is 403 g/mol. The number of ether oxygens (including phenoxy) is 1. The fourth-order valence-corrected chi connectivity index (χ4v) is 3.19. The van der Waals surface area contributed by atoms with Crippen LogP contribution in [-0.2, 0) is 14.3 Å². The first kappa shape index (κ1) is 23.3. The fraction of sp³-hybridized carbons (Fsp3) is 0.765. The van der Waals surface area contributed by atoms with Gasteiger partial charge < -0.3 is 20.1 Å². The number of halogens is 3. The molecule has 1 aliphatic heterocycles. The molecule has 0 bridgehead atoms. The number of nitrogens with zero attached hydrogens (tertiary/aromatic N) is 1. The Kier molecular flexibility index (Phi) is 9.00. The van der Waals surface area contributed by atoms with E-state index < -0.39 is 28.0 Å². The molecule has 0 saturated heterocycles. The zero-order chi connectivity index (χ0) is 20.1. The van der Waals surface area contributed by atoms with Crippen LogP contribution in [0.25, 0.3) is 0 Å². The van der Waals surface area contributed by atoms with Crippen LogP contribution in [0.1, 0.15) is 46.5 Å². The van der Waals surface area contributed by atoms with Crippen molar-refractivity contribution in [2.45, 2.75) is 68.6 Å². The third kappa shape index (κ3) is 6.80. The normalized spacial score (nSPS) is 21.6. The largest absolute Gasteiger partial charge is 0.499 e. The number of aliphatic hydroxyl groups is 1. The Morgan fingerprint density at radius 3 is 2.46 bits per heavy atom. The van der Waals surface area contributed by atoms with Gasteiger partial charge in [-0.05, 0) is 25.2 Å². The average molecular weight is 430 g/mol. The van der Waals surface area contributed by atoms with Crippen LogP contribution < -0.4 is 5.32 Å². The van der Waals surface area contributed by atoms with E-state index in [4.69, 9.17) is 39.5 Å². The molecule has 0 fully saturated rings. The van der Waals surface area contributed by atoms with Crippen LogP contribution in [-0.4, -0.2) is 51.0 Å². The molecule has 1 rings (SSSR count). The van der Waals surface area contributed by atoms with Crippen LogP contribution in [0.15, 0.2) is 11.8 Å². The lowest BCUT2D eigenvalue weighted by atomic mass is 10.0. The molecule has 2 unspecified atom stereocenters. The number of carbonyl (C=O) groups excluding carboxylic acids is 2. The van der Waals surface area contributed by atoms with Crippen molar-refractivity contribution in [1.29, 1.82) is 0 Å². The van der Waals surface area contributed by atoms with Gasteiger partial charge in [0.2, 0.25) is 11.8 Å². The topological polar surface area (TPSA) is 78.9 Å². The van der Waals surface area contributed by atoms with Gasteiger partial charge in [0.1, 0.15) is 11.8 Å². The van der Waals surface area contributed by atoms with Crippen molar-refractivity contribution >= 4 is 46.6 Å². The number of alkyl halides is 3. The number of amides is 2. The molecular formula is C17H27Cl3N2O4. The molecule has 0 spiro atoms. The van der Waals surface area contributed by atoms with E-state index in [0.717, 1.165) is 0 Å². The van der Waals surface area contributed by atoms with E-state index in [1.54, 1.807) is 6.92 Å². The minimum absolute atomic E-state index is 0.0847. The van der Waals surface area contributed by atoms with Gasteiger partial charge in [-0.1, -0.05) is 55.6 Å². The number of carbonyl (C=O) groups is 2. The van der Waals surface area contributed by atoms with E-state index in [1.807, 2.05) is 13.8 Å². The van der Waals surface area contributed by atoms with E-state index in [1.165, 1.54) is 18.1 Å². The minimum atomic E-state index is -1.54. The van der Waals surface area contributed by atoms with E-state index in [9.17, 15) is 14.7 Å². The van der Waals surface area contributed by atoms with Gasteiger partial charge in [0, 0.05) is 12.5 Å². The molecule has 6 nitrogen and oxygen atoms in total. The maximum atomic E-state index is 13.1. The lowest BCUT2D eigenvalue weighted by molar-refractivity contribution is -0.145. The Balaban J connectivity index is 3.03. The summed E-state index contributed by atoms with van der Waals surface area (Å²) in [5.74, 6) is 0.0784. The molecule has 1 heterocycles. The number of methoxy groups -OCH3 is 1. The standard InChI is InChI=1S/C17H27Cl3N2O4/c1-5-14(23)21-11(6-7-17(18,19)20)16(25)22-12(8-10(2)3)13(26-4)9-15(22)24/h9-12,15,24H,5-8H2,1-4H3,(H,21,23)/t11-,12?,15?/m1/s1. The minimum Gasteiger partial charge on any atom is -0.499 e. The summed E-state index contributed by atoms with van der Waals surface area (Å²) < 4.78 is 3.79. The summed E-state index contributed by atoms with van der Waals surface area (Å²) >= 11 is 17.4. The molecule has 0 aliphatic carbocycles. The number of rotatable bonds is 8. The molecule has 0 saturated carbocycles. The molecule has 0 radical (unpaired) electrons. The van der Waals surface area contributed by atoms with Gasteiger partial charge >= 0.3 is 0 Å². The van der Waals surface area contributed by atoms with Gasteiger partial charge in [-0.3, -0.25) is 9.59 Å². The first-order valence-corrected chi connectivity index (χ1v) is 9.75. The Bertz CT molecular complexity index is 535. The first-order valence-electron chi connectivity index (χ1n) is 8.62. The van der Waals surface area contributed by atoms with Crippen LogP contribution in [0, 0.1) is 5.92 Å². The molecule has 0 aromatic heterocycles. The van der Waals surface area contributed by atoms with Crippen molar-refractivity contribution in [3.05, 3.63) is 11.8 Å². The summed E-state index contributed by atoms with van der Waals surface area (Å²) in [5.41, 5.74) is 0. The fourth-order valence-electron chi connectivity index (χ4n) is 2.87. The lowest BCUT2D eigenvalue weighted by Gasteiger charge is -2.33. The Labute approximate surface area is 169 Å². The number of hydrogen-bond acceptors (Lipinski definition) is 4. The Morgan fingerprint density at radius 1 is 1.38 bits per heavy atom. The molecule has 2 N–H and O–H groups in total. The van der Waals surface area contributed by atoms with E-state index in [0.29, 0.717) is 12.2 Å². The summed E-state index contributed by atoms with van der Waals surface area (Å²) in [6.45, 7) is 5.71. The van der Waals surface area contributed by atoms with Gasteiger partial charge in [-0.15, -0.1) is 0 Å². The van der Waals surface area contributed by atoms with Gasteiger partial charge in [0.15, 0.2) is 10.0 Å². The van der Waals surface area contributed by atoms with Crippen LogP contribution in [0.4, 0.5) is 0 Å². The summed E-state index contributed by atoms with van der Waals surface area (Å²) in [5, 5.41) is 13.0. The van der Waals surface area contributed by atoms with Crippen molar-refractivity contribution in [1.82, 2.24) is 10.2 Å². The van der Waals surface area contributed by atoms with Crippen LogP contribution >= 0.6 is 34.8 Å². The van der Waals surface area contributed by atoms with Gasteiger partial charge in [-0.25, -0.2) is 0 Å². The maximum Gasteiger partial charge on any atom is 0.248 e. The molecule has 3 atom stereocenters. The number of nitrogens with one attached hydrogen (secondary N) is 1. The summed E-state index contributed by atoms with van der Waals surface area (Å²) in [6, 6.07) is -1.30. The second kappa shape index (κ2) is 10.0. The monoisotopic (exact) mass is 428 g/mol. The first-order chi connectivity index (χ1) is 12.0. The van der Waals surface area contributed by atoms with E-state index in [-0.39, 0.29) is 31.1 Å². The van der Waals surface area contributed by atoms with Gasteiger partial charge in [0.05, 0.1) is 13.2 Å². The lowest BCUT2D eigenvalue weighted by Crippen LogP contribution is -2.53. The predicted octanol–water partition coefficient (Wildman–Crippen LogP) is 3.14. The van der Waals surface area contributed by atoms with Crippen molar-refractivity contribution in [3.8, 4) is 0 Å². The van der Waals surface area contributed by atoms with E-state index in [2.05, 4.69) is 5.32 Å². The van der Waals surface area contributed by atoms with Crippen molar-refractivity contribution < 1.29 is 19.4 Å². The zero-order valence-corrected chi connectivity index (χ0v) is 17.7. The van der Waals surface area contributed by atoms with Crippen molar-refractivity contribution in [2.24, 2.45) is 5.92 Å². The number of aliphatic hydroxyl groups excluding tert-OH is 1. The highest BCUT2D eigenvalue weighted by Gasteiger charge is 2.41. The quantitative estimate of drug-likeness (QED) is 0.581. The van der Waals surface area contributed by atoms with E-state index >= 15 is 0 Å². The summed E-state index contributed by atoms with van der Waals surface area (Å²) in [6.07, 6.45) is 1.43. The van der Waals surface area contributed by atoms with Gasteiger partial charge in [-0.2, -0.15) is 0 Å². The van der Waals surface area contributed by atoms with Gasteiger partial charge in [0.25, 0.3) is 0 Å². The van der Waals surface area contributed by atoms with Crippen molar-refractivity contribution in [2.75, 3.05) is 7.11 Å². The average Bonchev–Trinajstić information content (AvgIpc) is 2.84. The highest BCUT2D eigenvalue weighted by Crippen LogP contribution is 2.33. The second-order valence-corrected chi connectivity index (χ2v) is 9.22. The molecule has 150 valence electrons. The molecule has 0 aromatic rings. The molecule has 0 aromatic carbocycles. The van der Waals surface area contributed by atoms with Crippen molar-refractivity contribution in [3.63, 3.8) is 0 Å². The highest BCUT2D eigenvalue weighted by molar-refractivity contribution is 6.67.